The molecule has 8 aromatic rings. The van der Waals surface area contributed by atoms with Gasteiger partial charge in [0.2, 0.25) is 0 Å². The summed E-state index contributed by atoms with van der Waals surface area (Å²) in [5.41, 5.74) is 6.81. The van der Waals surface area contributed by atoms with Gasteiger partial charge in [-0.2, -0.15) is 5.26 Å². The molecule has 0 aliphatic heterocycles. The first-order valence-electron chi connectivity index (χ1n) is 16.9. The van der Waals surface area contributed by atoms with E-state index in [9.17, 15) is 5.26 Å². The summed E-state index contributed by atoms with van der Waals surface area (Å²) in [5, 5.41) is 17.3. The first-order valence-corrected chi connectivity index (χ1v) is 16.9. The van der Waals surface area contributed by atoms with E-state index in [0.29, 0.717) is 23.1 Å². The van der Waals surface area contributed by atoms with Crippen molar-refractivity contribution in [1.82, 2.24) is 15.0 Å². The quantitative estimate of drug-likeness (QED) is 0.181. The first kappa shape index (κ1) is 28.3. The first-order chi connectivity index (χ1) is 23.7. The lowest BCUT2D eigenvalue weighted by Gasteiger charge is -2.21. The standard InChI is InChI=1S/C44H32N4/c45-27-28-9-7-16-34(23-28)35-24-36(38-21-19-31-18-17-29-14-8-15-30-20-22-39(38)41(31)40(29)30)26-37(25-35)44-47-42(32-10-3-1-4-11-32)46-43(48-44)33-12-5-2-6-13-33/h1,3-4,7-11,14-26,33H,2,5-6,12-13H2. The van der Waals surface area contributed by atoms with E-state index < -0.39 is 0 Å². The van der Waals surface area contributed by atoms with Gasteiger partial charge in [-0.1, -0.05) is 116 Å². The molecule has 4 heteroatoms. The molecule has 0 saturated heterocycles. The number of rotatable bonds is 5. The number of aromatic nitrogens is 3. The number of nitrogens with zero attached hydrogens (tertiary/aromatic N) is 4. The van der Waals surface area contributed by atoms with Crippen LogP contribution in [0.25, 0.3) is 77.3 Å². The second-order valence-electron chi connectivity index (χ2n) is 13.0. The third-order valence-corrected chi connectivity index (χ3v) is 10.0. The Bertz CT molecular complexity index is 2490. The summed E-state index contributed by atoms with van der Waals surface area (Å²) in [6, 6.07) is 47.0. The summed E-state index contributed by atoms with van der Waals surface area (Å²) in [7, 11) is 0. The van der Waals surface area contributed by atoms with E-state index in [1.807, 2.05) is 36.4 Å². The molecule has 1 aromatic heterocycles. The molecule has 0 bridgehead atoms. The van der Waals surface area contributed by atoms with Crippen molar-refractivity contribution in [3.05, 3.63) is 139 Å². The topological polar surface area (TPSA) is 62.5 Å². The zero-order chi connectivity index (χ0) is 32.0. The summed E-state index contributed by atoms with van der Waals surface area (Å²) < 4.78 is 0. The molecule has 1 saturated carbocycles. The Morgan fingerprint density at radius 1 is 0.500 bits per heavy atom. The highest BCUT2D eigenvalue weighted by Crippen LogP contribution is 2.41. The largest absolute Gasteiger partial charge is 0.213 e. The van der Waals surface area contributed by atoms with Crippen LogP contribution < -0.4 is 0 Å². The van der Waals surface area contributed by atoms with Crippen LogP contribution in [-0.2, 0) is 0 Å². The SMILES string of the molecule is N#Cc1cccc(-c2cc(-c3nc(-c4ccccc4)nc(C4CCCCC4)n3)cc(-c3ccc4ccc5cccc6ccc3c4c56)c2)c1. The van der Waals surface area contributed by atoms with E-state index in [1.165, 1.54) is 51.6 Å². The molecule has 1 fully saturated rings. The van der Waals surface area contributed by atoms with Crippen LogP contribution in [0.2, 0.25) is 0 Å². The van der Waals surface area contributed by atoms with Gasteiger partial charge in [0.1, 0.15) is 5.82 Å². The number of hydrogen-bond acceptors (Lipinski definition) is 4. The lowest BCUT2D eigenvalue weighted by Crippen LogP contribution is -2.11. The number of hydrogen-bond donors (Lipinski definition) is 0. The maximum absolute atomic E-state index is 9.74. The van der Waals surface area contributed by atoms with Gasteiger partial charge in [-0.3, -0.25) is 0 Å². The average molecular weight is 617 g/mol. The van der Waals surface area contributed by atoms with Gasteiger partial charge in [0, 0.05) is 17.0 Å². The highest BCUT2D eigenvalue weighted by Gasteiger charge is 2.22. The molecule has 0 radical (unpaired) electrons. The third-order valence-electron chi connectivity index (χ3n) is 10.0. The molecular formula is C44H32N4. The molecule has 0 amide bonds. The van der Waals surface area contributed by atoms with Crippen molar-refractivity contribution in [3.63, 3.8) is 0 Å². The molecule has 1 aliphatic carbocycles. The third kappa shape index (κ3) is 4.96. The minimum absolute atomic E-state index is 0.329. The monoisotopic (exact) mass is 616 g/mol. The Morgan fingerprint density at radius 3 is 1.94 bits per heavy atom. The maximum Gasteiger partial charge on any atom is 0.163 e. The van der Waals surface area contributed by atoms with Gasteiger partial charge in [-0.05, 0) is 97.7 Å². The van der Waals surface area contributed by atoms with Gasteiger partial charge < -0.3 is 0 Å². The number of benzene rings is 7. The Morgan fingerprint density at radius 2 is 1.15 bits per heavy atom. The molecular weight excluding hydrogens is 585 g/mol. The van der Waals surface area contributed by atoms with Gasteiger partial charge in [0.25, 0.3) is 0 Å². The second-order valence-corrected chi connectivity index (χ2v) is 13.0. The Labute approximate surface area is 279 Å². The molecule has 7 aromatic carbocycles. The van der Waals surface area contributed by atoms with Crippen LogP contribution in [0.4, 0.5) is 0 Å². The Balaban J connectivity index is 1.30. The molecule has 1 aliphatic rings. The summed E-state index contributed by atoms with van der Waals surface area (Å²) in [6.07, 6.45) is 5.89. The lowest BCUT2D eigenvalue weighted by molar-refractivity contribution is 0.428. The Kier molecular flexibility index (Phi) is 6.91. The van der Waals surface area contributed by atoms with Gasteiger partial charge in [0.05, 0.1) is 11.6 Å². The predicted molar refractivity (Wildman–Crippen MR) is 196 cm³/mol. The minimum atomic E-state index is 0.329. The van der Waals surface area contributed by atoms with Crippen LogP contribution in [0.5, 0.6) is 0 Å². The van der Waals surface area contributed by atoms with Crippen LogP contribution in [0.1, 0.15) is 49.4 Å². The van der Waals surface area contributed by atoms with Gasteiger partial charge in [-0.15, -0.1) is 0 Å². The zero-order valence-electron chi connectivity index (χ0n) is 26.5. The van der Waals surface area contributed by atoms with Crippen molar-refractivity contribution in [2.24, 2.45) is 0 Å². The molecule has 9 rings (SSSR count). The highest BCUT2D eigenvalue weighted by molar-refractivity contribution is 6.25. The van der Waals surface area contributed by atoms with Crippen LogP contribution in [0.3, 0.4) is 0 Å². The fraction of sp³-hybridized carbons (Fsp3) is 0.136. The van der Waals surface area contributed by atoms with Crippen molar-refractivity contribution >= 4 is 32.3 Å². The summed E-state index contributed by atoms with van der Waals surface area (Å²) in [6.45, 7) is 0. The van der Waals surface area contributed by atoms with E-state index in [0.717, 1.165) is 52.0 Å². The lowest BCUT2D eigenvalue weighted by atomic mass is 9.88. The molecule has 1 heterocycles. The van der Waals surface area contributed by atoms with Crippen LogP contribution in [-0.4, -0.2) is 15.0 Å². The van der Waals surface area contributed by atoms with E-state index in [-0.39, 0.29) is 0 Å². The molecule has 0 atom stereocenters. The second kappa shape index (κ2) is 11.7. The molecule has 0 N–H and O–H groups in total. The fourth-order valence-electron chi connectivity index (χ4n) is 7.62. The van der Waals surface area contributed by atoms with Crippen molar-refractivity contribution in [2.45, 2.75) is 38.0 Å². The summed E-state index contributed by atoms with van der Waals surface area (Å²) in [4.78, 5) is 15.4. The van der Waals surface area contributed by atoms with Crippen LogP contribution in [0, 0.1) is 11.3 Å². The average Bonchev–Trinajstić information content (AvgIpc) is 3.17. The summed E-state index contributed by atoms with van der Waals surface area (Å²) in [5.74, 6) is 2.61. The van der Waals surface area contributed by atoms with Crippen LogP contribution in [0.15, 0.2) is 127 Å². The number of nitriles is 1. The molecule has 48 heavy (non-hydrogen) atoms. The van der Waals surface area contributed by atoms with E-state index >= 15 is 0 Å². The van der Waals surface area contributed by atoms with E-state index in [4.69, 9.17) is 15.0 Å². The van der Waals surface area contributed by atoms with Crippen molar-refractivity contribution in [2.75, 3.05) is 0 Å². The highest BCUT2D eigenvalue weighted by atomic mass is 15.0. The smallest absolute Gasteiger partial charge is 0.163 e. The Hall–Kier alpha value is -5.92. The van der Waals surface area contributed by atoms with Gasteiger partial charge >= 0.3 is 0 Å². The van der Waals surface area contributed by atoms with Gasteiger partial charge in [-0.25, -0.2) is 15.0 Å². The van der Waals surface area contributed by atoms with Crippen molar-refractivity contribution < 1.29 is 0 Å². The molecule has 0 unspecified atom stereocenters. The molecule has 0 spiro atoms. The maximum atomic E-state index is 9.74. The van der Waals surface area contributed by atoms with Crippen LogP contribution >= 0.6 is 0 Å². The summed E-state index contributed by atoms with van der Waals surface area (Å²) >= 11 is 0. The predicted octanol–water partition coefficient (Wildman–Crippen LogP) is 11.4. The van der Waals surface area contributed by atoms with Crippen molar-refractivity contribution in [3.8, 4) is 51.1 Å². The minimum Gasteiger partial charge on any atom is -0.213 e. The zero-order valence-corrected chi connectivity index (χ0v) is 26.5. The van der Waals surface area contributed by atoms with E-state index in [2.05, 4.69) is 97.1 Å². The fourth-order valence-corrected chi connectivity index (χ4v) is 7.62. The van der Waals surface area contributed by atoms with Gasteiger partial charge in [0.15, 0.2) is 11.6 Å². The normalized spacial score (nSPS) is 13.7. The van der Waals surface area contributed by atoms with Crippen molar-refractivity contribution in [1.29, 1.82) is 5.26 Å². The van der Waals surface area contributed by atoms with E-state index in [1.54, 1.807) is 0 Å². The molecule has 228 valence electrons. The molecule has 4 nitrogen and oxygen atoms in total.